The number of nitriles is 1. The van der Waals surface area contributed by atoms with Gasteiger partial charge in [-0.25, -0.2) is 5.43 Å². The van der Waals surface area contributed by atoms with Gasteiger partial charge in [0.1, 0.15) is 6.61 Å². The Kier molecular flexibility index (Phi) is 8.50. The van der Waals surface area contributed by atoms with E-state index in [0.29, 0.717) is 36.9 Å². The molecule has 0 saturated carbocycles. The predicted octanol–water partition coefficient (Wildman–Crippen LogP) is 2.87. The van der Waals surface area contributed by atoms with Gasteiger partial charge in [0.2, 0.25) is 0 Å². The van der Waals surface area contributed by atoms with Crippen LogP contribution < -0.4 is 14.9 Å². The zero-order valence-electron chi connectivity index (χ0n) is 15.9. The molecule has 2 rings (SSSR count). The van der Waals surface area contributed by atoms with E-state index in [0.717, 1.165) is 5.56 Å². The minimum Gasteiger partial charge on any atom is -0.490 e. The lowest BCUT2D eigenvalue weighted by molar-refractivity contribution is -0.121. The van der Waals surface area contributed by atoms with Crippen LogP contribution >= 0.6 is 0 Å². The Morgan fingerprint density at radius 3 is 2.64 bits per heavy atom. The van der Waals surface area contributed by atoms with Gasteiger partial charge in [0.15, 0.2) is 17.4 Å². The Labute approximate surface area is 164 Å². The number of nitrogens with zero attached hydrogens (tertiary/aromatic N) is 2. The standard InChI is InChI=1S/C21H23N3O4/c1-3-27-20-13-16(9-10-19(20)28-12-11-26-2)15-23-24-21(25)18(14-22)17-7-5-4-6-8-17/h4-10,13,15,18H,3,11-12H2,1-2H3,(H,24,25)/b23-15-/t18-/m0/s1. The van der Waals surface area contributed by atoms with E-state index in [4.69, 9.17) is 14.2 Å². The number of carbonyl (C=O) groups is 1. The van der Waals surface area contributed by atoms with Gasteiger partial charge in [-0.1, -0.05) is 30.3 Å². The molecule has 1 amide bonds. The van der Waals surface area contributed by atoms with Gasteiger partial charge in [-0.15, -0.1) is 0 Å². The largest absolute Gasteiger partial charge is 0.490 e. The Morgan fingerprint density at radius 2 is 1.96 bits per heavy atom. The number of hydrazone groups is 1. The summed E-state index contributed by atoms with van der Waals surface area (Å²) in [6, 6.07) is 16.2. The maximum atomic E-state index is 12.2. The average molecular weight is 381 g/mol. The number of nitrogens with one attached hydrogen (secondary N) is 1. The number of ether oxygens (including phenoxy) is 3. The van der Waals surface area contributed by atoms with Gasteiger partial charge in [-0.3, -0.25) is 4.79 Å². The van der Waals surface area contributed by atoms with Crippen molar-refractivity contribution in [2.45, 2.75) is 12.8 Å². The Balaban J connectivity index is 2.03. The lowest BCUT2D eigenvalue weighted by Crippen LogP contribution is -2.24. The molecule has 0 aromatic heterocycles. The molecule has 0 radical (unpaired) electrons. The number of benzene rings is 2. The van der Waals surface area contributed by atoms with Crippen LogP contribution in [0.3, 0.4) is 0 Å². The Bertz CT molecular complexity index is 831. The fourth-order valence-corrected chi connectivity index (χ4v) is 2.39. The Morgan fingerprint density at radius 1 is 1.18 bits per heavy atom. The van der Waals surface area contributed by atoms with Crippen molar-refractivity contribution < 1.29 is 19.0 Å². The molecule has 0 spiro atoms. The molecule has 2 aromatic rings. The van der Waals surface area contributed by atoms with E-state index >= 15 is 0 Å². The highest BCUT2D eigenvalue weighted by Gasteiger charge is 2.19. The van der Waals surface area contributed by atoms with E-state index in [9.17, 15) is 10.1 Å². The molecule has 0 fully saturated rings. The van der Waals surface area contributed by atoms with Gasteiger partial charge in [0, 0.05) is 7.11 Å². The van der Waals surface area contributed by atoms with Gasteiger partial charge in [-0.05, 0) is 36.2 Å². The molecule has 28 heavy (non-hydrogen) atoms. The normalized spacial score (nSPS) is 11.6. The van der Waals surface area contributed by atoms with Crippen molar-refractivity contribution in [1.29, 1.82) is 5.26 Å². The molecule has 7 heteroatoms. The number of amides is 1. The fraction of sp³-hybridized carbons (Fsp3) is 0.286. The molecule has 146 valence electrons. The first-order chi connectivity index (χ1) is 13.7. The van der Waals surface area contributed by atoms with Crippen molar-refractivity contribution in [3.8, 4) is 17.6 Å². The van der Waals surface area contributed by atoms with Crippen LogP contribution in [0.2, 0.25) is 0 Å². The van der Waals surface area contributed by atoms with E-state index in [1.54, 1.807) is 49.6 Å². The van der Waals surface area contributed by atoms with Crippen molar-refractivity contribution in [2.75, 3.05) is 26.9 Å². The number of hydrogen-bond donors (Lipinski definition) is 1. The summed E-state index contributed by atoms with van der Waals surface area (Å²) in [5.74, 6) is -0.231. The second-order valence-electron chi connectivity index (χ2n) is 5.69. The van der Waals surface area contributed by atoms with Crippen LogP contribution in [-0.4, -0.2) is 39.1 Å². The molecule has 7 nitrogen and oxygen atoms in total. The third kappa shape index (κ3) is 6.11. The van der Waals surface area contributed by atoms with E-state index in [1.165, 1.54) is 6.21 Å². The van der Waals surface area contributed by atoms with Crippen molar-refractivity contribution in [2.24, 2.45) is 5.10 Å². The van der Waals surface area contributed by atoms with Gasteiger partial charge in [-0.2, -0.15) is 10.4 Å². The minimum absolute atomic E-state index is 0.412. The fourth-order valence-electron chi connectivity index (χ4n) is 2.39. The van der Waals surface area contributed by atoms with E-state index < -0.39 is 11.8 Å². The second-order valence-corrected chi connectivity index (χ2v) is 5.69. The molecule has 0 saturated heterocycles. The smallest absolute Gasteiger partial charge is 0.261 e. The van der Waals surface area contributed by atoms with Gasteiger partial charge >= 0.3 is 0 Å². The molecular weight excluding hydrogens is 358 g/mol. The summed E-state index contributed by atoms with van der Waals surface area (Å²) in [5.41, 5.74) is 3.75. The highest BCUT2D eigenvalue weighted by molar-refractivity contribution is 5.88. The van der Waals surface area contributed by atoms with Crippen LogP contribution in [0, 0.1) is 11.3 Å². The summed E-state index contributed by atoms with van der Waals surface area (Å²) in [6.07, 6.45) is 1.48. The topological polar surface area (TPSA) is 92.9 Å². The number of hydrogen-bond acceptors (Lipinski definition) is 6. The minimum atomic E-state index is -0.922. The number of methoxy groups -OCH3 is 1. The summed E-state index contributed by atoms with van der Waals surface area (Å²) >= 11 is 0. The Hall–Kier alpha value is -3.37. The number of carbonyl (C=O) groups excluding carboxylic acids is 1. The molecule has 0 aliphatic heterocycles. The van der Waals surface area contributed by atoms with Crippen molar-refractivity contribution in [3.05, 3.63) is 59.7 Å². The molecule has 2 aromatic carbocycles. The third-order valence-electron chi connectivity index (χ3n) is 3.73. The zero-order valence-corrected chi connectivity index (χ0v) is 15.9. The maximum absolute atomic E-state index is 12.2. The van der Waals surface area contributed by atoms with Gasteiger partial charge in [0.05, 0.1) is 25.5 Å². The van der Waals surface area contributed by atoms with Gasteiger partial charge < -0.3 is 14.2 Å². The van der Waals surface area contributed by atoms with Crippen LogP contribution in [0.15, 0.2) is 53.6 Å². The predicted molar refractivity (Wildman–Crippen MR) is 106 cm³/mol. The summed E-state index contributed by atoms with van der Waals surface area (Å²) in [7, 11) is 1.61. The van der Waals surface area contributed by atoms with Crippen molar-refractivity contribution in [1.82, 2.24) is 5.43 Å². The molecule has 0 unspecified atom stereocenters. The SMILES string of the molecule is CCOc1cc(/C=N\NC(=O)[C@@H](C#N)c2ccccc2)ccc1OCCOC. The summed E-state index contributed by atoms with van der Waals surface area (Å²) in [4.78, 5) is 12.2. The average Bonchev–Trinajstić information content (AvgIpc) is 2.71. The quantitative estimate of drug-likeness (QED) is 0.388. The van der Waals surface area contributed by atoms with E-state index in [2.05, 4.69) is 10.5 Å². The molecule has 1 N–H and O–H groups in total. The first-order valence-electron chi connectivity index (χ1n) is 8.85. The first-order valence-corrected chi connectivity index (χ1v) is 8.85. The zero-order chi connectivity index (χ0) is 20.2. The molecule has 0 aliphatic rings. The van der Waals surface area contributed by atoms with Crippen LogP contribution in [0.5, 0.6) is 11.5 Å². The molecular formula is C21H23N3O4. The molecule has 0 heterocycles. The van der Waals surface area contributed by atoms with Crippen LogP contribution in [0.4, 0.5) is 0 Å². The molecule has 1 atom stereocenters. The monoisotopic (exact) mass is 381 g/mol. The lowest BCUT2D eigenvalue weighted by atomic mass is 10.0. The highest BCUT2D eigenvalue weighted by atomic mass is 16.5. The summed E-state index contributed by atoms with van der Waals surface area (Å²) in [6.45, 7) is 3.25. The summed E-state index contributed by atoms with van der Waals surface area (Å²) in [5, 5.41) is 13.2. The van der Waals surface area contributed by atoms with Crippen LogP contribution in [0.1, 0.15) is 24.0 Å². The first kappa shape index (κ1) is 20.9. The van der Waals surface area contributed by atoms with Crippen LogP contribution in [0.25, 0.3) is 0 Å². The molecule has 0 aliphatic carbocycles. The second kappa shape index (κ2) is 11.4. The van der Waals surface area contributed by atoms with Gasteiger partial charge in [0.25, 0.3) is 5.91 Å². The van der Waals surface area contributed by atoms with Crippen LogP contribution in [-0.2, 0) is 9.53 Å². The lowest BCUT2D eigenvalue weighted by Gasteiger charge is -2.12. The number of rotatable bonds is 10. The van der Waals surface area contributed by atoms with E-state index in [1.807, 2.05) is 19.1 Å². The summed E-state index contributed by atoms with van der Waals surface area (Å²) < 4.78 is 16.2. The van der Waals surface area contributed by atoms with E-state index in [-0.39, 0.29) is 0 Å². The maximum Gasteiger partial charge on any atom is 0.261 e. The van der Waals surface area contributed by atoms with Crippen molar-refractivity contribution >= 4 is 12.1 Å². The third-order valence-corrected chi connectivity index (χ3v) is 3.73. The highest BCUT2D eigenvalue weighted by Crippen LogP contribution is 2.28. The van der Waals surface area contributed by atoms with Crippen molar-refractivity contribution in [3.63, 3.8) is 0 Å². The molecule has 0 bridgehead atoms.